The van der Waals surface area contributed by atoms with Gasteiger partial charge in [0, 0.05) is 4.47 Å². The van der Waals surface area contributed by atoms with Crippen LogP contribution in [0.15, 0.2) is 56.2 Å². The molecule has 1 heterocycles. The van der Waals surface area contributed by atoms with Gasteiger partial charge in [-0.05, 0) is 54.1 Å². The van der Waals surface area contributed by atoms with Crippen LogP contribution in [-0.4, -0.2) is 4.98 Å². The van der Waals surface area contributed by atoms with Crippen LogP contribution in [-0.2, 0) is 0 Å². The average Bonchev–Trinajstić information content (AvgIpc) is 2.92. The summed E-state index contributed by atoms with van der Waals surface area (Å²) in [5.41, 5.74) is 3.16. The predicted octanol–water partition coefficient (Wildman–Crippen LogP) is 6.02. The van der Waals surface area contributed by atoms with E-state index in [1.54, 1.807) is 11.3 Å². The Kier molecular flexibility index (Phi) is 4.63. The molecule has 0 bridgehead atoms. The predicted molar refractivity (Wildman–Crippen MR) is 97.9 cm³/mol. The van der Waals surface area contributed by atoms with Gasteiger partial charge < -0.3 is 0 Å². The van der Waals surface area contributed by atoms with Gasteiger partial charge in [-0.3, -0.25) is 0 Å². The number of thiazole rings is 1. The fourth-order valence-corrected chi connectivity index (χ4v) is 4.30. The summed E-state index contributed by atoms with van der Waals surface area (Å²) in [6.07, 6.45) is 1.89. The molecule has 0 spiro atoms. The highest BCUT2D eigenvalue weighted by atomic mass is 79.9. The van der Waals surface area contributed by atoms with Gasteiger partial charge in [0.25, 0.3) is 0 Å². The highest BCUT2D eigenvalue weighted by Gasteiger charge is 2.07. The zero-order valence-electron chi connectivity index (χ0n) is 11.7. The van der Waals surface area contributed by atoms with E-state index in [-0.39, 0.29) is 0 Å². The molecule has 0 amide bonds. The molecule has 0 saturated heterocycles. The molecule has 0 N–H and O–H groups in total. The van der Waals surface area contributed by atoms with E-state index >= 15 is 0 Å². The summed E-state index contributed by atoms with van der Waals surface area (Å²) >= 11 is 6.54. The maximum Gasteiger partial charge on any atom is 0.156 e. The SMILES string of the molecule is Cc1ccc(/C=C(\C#N)Sc2nc3ccccc3s2)cc1Br. The van der Waals surface area contributed by atoms with Gasteiger partial charge >= 0.3 is 0 Å². The van der Waals surface area contributed by atoms with Crippen molar-refractivity contribution in [3.05, 3.63) is 63.0 Å². The van der Waals surface area contributed by atoms with Crippen LogP contribution in [0.1, 0.15) is 11.1 Å². The smallest absolute Gasteiger partial charge is 0.156 e. The molecule has 0 atom stereocenters. The number of nitriles is 1. The lowest BCUT2D eigenvalue weighted by atomic mass is 10.1. The van der Waals surface area contributed by atoms with Crippen molar-refractivity contribution < 1.29 is 0 Å². The zero-order chi connectivity index (χ0) is 15.5. The third kappa shape index (κ3) is 3.41. The van der Waals surface area contributed by atoms with Gasteiger partial charge in [-0.2, -0.15) is 5.26 Å². The maximum absolute atomic E-state index is 9.37. The molecular formula is C17H11BrN2S2. The van der Waals surface area contributed by atoms with Crippen LogP contribution in [0, 0.1) is 18.3 Å². The molecule has 22 heavy (non-hydrogen) atoms. The minimum atomic E-state index is 0.634. The van der Waals surface area contributed by atoms with Crippen molar-refractivity contribution in [1.82, 2.24) is 4.98 Å². The Morgan fingerprint density at radius 1 is 1.32 bits per heavy atom. The van der Waals surface area contributed by atoms with Gasteiger partial charge in [0.2, 0.25) is 0 Å². The molecule has 3 rings (SSSR count). The molecule has 1 aromatic heterocycles. The fourth-order valence-electron chi connectivity index (χ4n) is 1.92. The van der Waals surface area contributed by atoms with Crippen LogP contribution in [0.25, 0.3) is 16.3 Å². The van der Waals surface area contributed by atoms with Crippen molar-refractivity contribution in [3.63, 3.8) is 0 Å². The quantitative estimate of drug-likeness (QED) is 0.407. The molecule has 0 unspecified atom stereocenters. The number of nitrogens with zero attached hydrogens (tertiary/aromatic N) is 2. The van der Waals surface area contributed by atoms with Gasteiger partial charge in [-0.1, -0.05) is 40.2 Å². The van der Waals surface area contributed by atoms with E-state index in [2.05, 4.69) is 27.0 Å². The summed E-state index contributed by atoms with van der Waals surface area (Å²) in [5, 5.41) is 9.37. The minimum Gasteiger partial charge on any atom is -0.229 e. The van der Waals surface area contributed by atoms with Gasteiger partial charge in [0.05, 0.1) is 15.1 Å². The Balaban J connectivity index is 1.89. The Morgan fingerprint density at radius 2 is 2.14 bits per heavy atom. The number of thioether (sulfide) groups is 1. The lowest BCUT2D eigenvalue weighted by molar-refractivity contribution is 1.31. The Morgan fingerprint density at radius 3 is 2.86 bits per heavy atom. The van der Waals surface area contributed by atoms with E-state index < -0.39 is 0 Å². The number of hydrogen-bond donors (Lipinski definition) is 0. The first kappa shape index (κ1) is 15.3. The largest absolute Gasteiger partial charge is 0.229 e. The van der Waals surface area contributed by atoms with E-state index in [0.29, 0.717) is 4.91 Å². The lowest BCUT2D eigenvalue weighted by Crippen LogP contribution is -1.80. The van der Waals surface area contributed by atoms with Crippen molar-refractivity contribution >= 4 is 55.3 Å². The average molecular weight is 387 g/mol. The first-order valence-corrected chi connectivity index (χ1v) is 9.00. The van der Waals surface area contributed by atoms with E-state index in [9.17, 15) is 5.26 Å². The Bertz CT molecular complexity index is 873. The summed E-state index contributed by atoms with van der Waals surface area (Å²) in [6.45, 7) is 2.04. The molecule has 0 saturated carbocycles. The summed E-state index contributed by atoms with van der Waals surface area (Å²) in [7, 11) is 0. The highest BCUT2D eigenvalue weighted by molar-refractivity contribution is 9.10. The number of aromatic nitrogens is 1. The van der Waals surface area contributed by atoms with E-state index in [0.717, 1.165) is 24.6 Å². The molecule has 2 nitrogen and oxygen atoms in total. The zero-order valence-corrected chi connectivity index (χ0v) is 14.9. The first-order chi connectivity index (χ1) is 10.7. The minimum absolute atomic E-state index is 0.634. The maximum atomic E-state index is 9.37. The highest BCUT2D eigenvalue weighted by Crippen LogP contribution is 2.34. The van der Waals surface area contributed by atoms with Crippen LogP contribution >= 0.6 is 39.0 Å². The summed E-state index contributed by atoms with van der Waals surface area (Å²) < 4.78 is 3.07. The van der Waals surface area contributed by atoms with Crippen molar-refractivity contribution in [2.24, 2.45) is 0 Å². The molecule has 2 aromatic carbocycles. The van der Waals surface area contributed by atoms with Crippen LogP contribution in [0.5, 0.6) is 0 Å². The van der Waals surface area contributed by atoms with E-state index in [1.165, 1.54) is 17.3 Å². The number of halogens is 1. The Labute approximate surface area is 145 Å². The van der Waals surface area contributed by atoms with Gasteiger partial charge in [-0.25, -0.2) is 4.98 Å². The monoisotopic (exact) mass is 386 g/mol. The third-order valence-electron chi connectivity index (χ3n) is 3.08. The number of rotatable bonds is 3. The van der Waals surface area contributed by atoms with Gasteiger partial charge in [0.1, 0.15) is 6.07 Å². The second-order valence-electron chi connectivity index (χ2n) is 4.68. The molecule has 0 radical (unpaired) electrons. The third-order valence-corrected chi connectivity index (χ3v) is 5.96. The summed E-state index contributed by atoms with van der Waals surface area (Å²) in [4.78, 5) is 5.19. The fraction of sp³-hybridized carbons (Fsp3) is 0.0588. The first-order valence-electron chi connectivity index (χ1n) is 6.57. The molecule has 0 aliphatic rings. The normalized spacial score (nSPS) is 11.6. The van der Waals surface area contributed by atoms with Crippen molar-refractivity contribution in [3.8, 4) is 6.07 Å². The number of fused-ring (bicyclic) bond motifs is 1. The molecule has 0 fully saturated rings. The molecule has 0 aliphatic carbocycles. The summed E-state index contributed by atoms with van der Waals surface area (Å²) in [5.74, 6) is 0. The van der Waals surface area contributed by atoms with Crippen LogP contribution in [0.4, 0.5) is 0 Å². The second kappa shape index (κ2) is 6.66. The molecule has 0 aliphatic heterocycles. The Hall–Kier alpha value is -1.61. The number of aryl methyl sites for hydroxylation is 1. The van der Waals surface area contributed by atoms with Crippen LogP contribution in [0.2, 0.25) is 0 Å². The molecule has 3 aromatic rings. The topological polar surface area (TPSA) is 36.7 Å². The molecule has 108 valence electrons. The molecular weight excluding hydrogens is 376 g/mol. The second-order valence-corrected chi connectivity index (χ2v) is 7.85. The van der Waals surface area contributed by atoms with Crippen molar-refractivity contribution in [2.75, 3.05) is 0 Å². The van der Waals surface area contributed by atoms with E-state index in [4.69, 9.17) is 0 Å². The standard InChI is InChI=1S/C17H11BrN2S2/c1-11-6-7-12(9-14(11)18)8-13(10-19)21-17-20-15-4-2-3-5-16(15)22-17/h2-9H,1H3/b13-8+. The van der Waals surface area contributed by atoms with Gasteiger partial charge in [-0.15, -0.1) is 11.3 Å². The molecule has 5 heteroatoms. The van der Waals surface area contributed by atoms with Crippen LogP contribution < -0.4 is 0 Å². The number of allylic oxidation sites excluding steroid dienone is 1. The number of benzene rings is 2. The number of para-hydroxylation sites is 1. The summed E-state index contributed by atoms with van der Waals surface area (Å²) in [6, 6.07) is 16.3. The van der Waals surface area contributed by atoms with Crippen molar-refractivity contribution in [2.45, 2.75) is 11.3 Å². The van der Waals surface area contributed by atoms with Crippen molar-refractivity contribution in [1.29, 1.82) is 5.26 Å². The van der Waals surface area contributed by atoms with E-state index in [1.807, 2.05) is 55.5 Å². The van der Waals surface area contributed by atoms with Gasteiger partial charge in [0.15, 0.2) is 4.34 Å². The van der Waals surface area contributed by atoms with Crippen LogP contribution in [0.3, 0.4) is 0 Å². The number of hydrogen-bond acceptors (Lipinski definition) is 4. The lowest BCUT2D eigenvalue weighted by Gasteiger charge is -2.00.